The first-order chi connectivity index (χ1) is 19.5. The molecule has 0 amide bonds. The number of epoxide rings is 1. The Labute approximate surface area is 241 Å². The third-order valence-corrected chi connectivity index (χ3v) is 8.73. The van der Waals surface area contributed by atoms with Crippen molar-refractivity contribution in [2.45, 2.75) is 89.4 Å². The van der Waals surface area contributed by atoms with E-state index in [-0.39, 0.29) is 18.8 Å². The summed E-state index contributed by atoms with van der Waals surface area (Å²) in [5.41, 5.74) is -5.66. The Hall–Kier alpha value is -3.33. The molecule has 2 saturated heterocycles. The molecule has 0 aromatic rings. The van der Waals surface area contributed by atoms with Crippen LogP contribution in [0, 0.1) is 17.3 Å². The summed E-state index contributed by atoms with van der Waals surface area (Å²) < 4.78 is 33.2. The molecule has 0 aromatic heterocycles. The van der Waals surface area contributed by atoms with Crippen LogP contribution in [0.15, 0.2) is 23.8 Å². The van der Waals surface area contributed by atoms with Crippen LogP contribution in [0.5, 0.6) is 0 Å². The van der Waals surface area contributed by atoms with Crippen molar-refractivity contribution < 1.29 is 67.7 Å². The van der Waals surface area contributed by atoms with Gasteiger partial charge in [-0.05, 0) is 24.6 Å². The van der Waals surface area contributed by atoms with Gasteiger partial charge in [-0.1, -0.05) is 13.0 Å². The first-order valence-corrected chi connectivity index (χ1v) is 13.5. The molecule has 11 atom stereocenters. The van der Waals surface area contributed by atoms with E-state index in [1.165, 1.54) is 39.0 Å². The average molecular weight is 597 g/mol. The van der Waals surface area contributed by atoms with Gasteiger partial charge in [0.2, 0.25) is 0 Å². The molecule has 1 saturated carbocycles. The number of fused-ring (bicyclic) bond motifs is 3. The Kier molecular flexibility index (Phi) is 8.32. The summed E-state index contributed by atoms with van der Waals surface area (Å²) in [5.74, 6) is -6.69. The van der Waals surface area contributed by atoms with E-state index in [0.29, 0.717) is 0 Å². The SMILES string of the molecule is CC(=O)OCC1=C/[C@@H]2OC(=O)[C@H](C)[C@]2(O)[C@@H](OC(C)=O)[C@H]2[C@@]3(CO3)[C@H](O)[C@H](OC(C)=O)[C@H](O)[C@]2(C)[C@@H](OC(C)=O)/C=C\1. The van der Waals surface area contributed by atoms with Crippen LogP contribution in [0.1, 0.15) is 41.5 Å². The van der Waals surface area contributed by atoms with Crippen molar-refractivity contribution in [3.05, 3.63) is 23.8 Å². The van der Waals surface area contributed by atoms with Crippen molar-refractivity contribution in [1.82, 2.24) is 0 Å². The van der Waals surface area contributed by atoms with Gasteiger partial charge in [-0.2, -0.15) is 0 Å². The zero-order valence-electron chi connectivity index (χ0n) is 24.1. The molecule has 0 radical (unpaired) electrons. The highest BCUT2D eigenvalue weighted by Gasteiger charge is 2.79. The standard InChI is InChI=1S/C28H36O14/c1-12-25(35)42-19-9-17(10-37-13(2)29)7-8-18(39-14(3)30)26(6)21(24(28(12,19)36)41-16(5)32)27(11-38-27)23(34)20(22(26)33)40-15(4)31/h7-9,12,18-24,33-34,36H,10-11H2,1-6H3/b8-7-,17-9+/t12-,18-,19-,20+,21+,22-,23+,24-,26+,27-,28+/m0/s1. The molecule has 3 fully saturated rings. The third kappa shape index (κ3) is 5.10. The molecule has 3 N–H and O–H groups in total. The Balaban J connectivity index is 2.05. The fourth-order valence-corrected chi connectivity index (χ4v) is 6.62. The smallest absolute Gasteiger partial charge is 0.312 e. The summed E-state index contributed by atoms with van der Waals surface area (Å²) in [6.45, 7) is 6.71. The van der Waals surface area contributed by atoms with Crippen molar-refractivity contribution in [2.75, 3.05) is 13.2 Å². The molecule has 2 heterocycles. The average Bonchev–Trinajstić information content (AvgIpc) is 3.65. The zero-order chi connectivity index (χ0) is 31.4. The molecular formula is C28H36O14. The molecule has 1 spiro atoms. The predicted molar refractivity (Wildman–Crippen MR) is 137 cm³/mol. The molecule has 42 heavy (non-hydrogen) atoms. The van der Waals surface area contributed by atoms with Gasteiger partial charge >= 0.3 is 29.8 Å². The van der Waals surface area contributed by atoms with Gasteiger partial charge in [-0.25, -0.2) is 0 Å². The van der Waals surface area contributed by atoms with Crippen LogP contribution in [0.3, 0.4) is 0 Å². The number of carbonyl (C=O) groups is 5. The van der Waals surface area contributed by atoms with Crippen molar-refractivity contribution in [2.24, 2.45) is 17.3 Å². The van der Waals surface area contributed by atoms with E-state index in [9.17, 15) is 39.3 Å². The van der Waals surface area contributed by atoms with Crippen LogP contribution in [-0.4, -0.2) is 106 Å². The topological polar surface area (TPSA) is 205 Å². The molecular weight excluding hydrogens is 560 g/mol. The number of hydrogen-bond donors (Lipinski definition) is 3. The summed E-state index contributed by atoms with van der Waals surface area (Å²) in [5, 5.41) is 35.8. The van der Waals surface area contributed by atoms with Gasteiger partial charge in [0.05, 0.1) is 12.5 Å². The van der Waals surface area contributed by atoms with E-state index < -0.39 is 94.9 Å². The summed E-state index contributed by atoms with van der Waals surface area (Å²) in [7, 11) is 0. The van der Waals surface area contributed by atoms with E-state index in [2.05, 4.69) is 0 Å². The lowest BCUT2D eigenvalue weighted by molar-refractivity contribution is -0.273. The molecule has 14 nitrogen and oxygen atoms in total. The molecule has 2 aliphatic heterocycles. The molecule has 4 rings (SSSR count). The second-order valence-corrected chi connectivity index (χ2v) is 11.5. The monoisotopic (exact) mass is 596 g/mol. The van der Waals surface area contributed by atoms with Crippen molar-refractivity contribution in [1.29, 1.82) is 0 Å². The largest absolute Gasteiger partial charge is 0.461 e. The normalized spacial score (nSPS) is 44.3. The minimum atomic E-state index is -2.34. The van der Waals surface area contributed by atoms with Gasteiger partial charge in [-0.3, -0.25) is 24.0 Å². The summed E-state index contributed by atoms with van der Waals surface area (Å²) in [6, 6.07) is 0. The number of esters is 5. The fourth-order valence-electron chi connectivity index (χ4n) is 6.62. The van der Waals surface area contributed by atoms with E-state index in [1.807, 2.05) is 0 Å². The third-order valence-electron chi connectivity index (χ3n) is 8.73. The molecule has 232 valence electrons. The molecule has 0 unspecified atom stereocenters. The van der Waals surface area contributed by atoms with Gasteiger partial charge < -0.3 is 43.7 Å². The molecule has 0 aromatic carbocycles. The van der Waals surface area contributed by atoms with Crippen LogP contribution in [0.2, 0.25) is 0 Å². The van der Waals surface area contributed by atoms with Crippen molar-refractivity contribution >= 4 is 29.8 Å². The summed E-state index contributed by atoms with van der Waals surface area (Å²) >= 11 is 0. The summed E-state index contributed by atoms with van der Waals surface area (Å²) in [6.07, 6.45) is -5.59. The lowest BCUT2D eigenvalue weighted by Crippen LogP contribution is -2.75. The maximum atomic E-state index is 13.0. The van der Waals surface area contributed by atoms with Gasteiger partial charge in [0.1, 0.15) is 36.6 Å². The number of aliphatic hydroxyl groups excluding tert-OH is 2. The number of hydrogen-bond acceptors (Lipinski definition) is 14. The highest BCUT2D eigenvalue weighted by atomic mass is 16.6. The second-order valence-electron chi connectivity index (χ2n) is 11.5. The number of ether oxygens (including phenoxy) is 6. The zero-order valence-corrected chi connectivity index (χ0v) is 24.1. The minimum Gasteiger partial charge on any atom is -0.461 e. The van der Waals surface area contributed by atoms with Crippen LogP contribution < -0.4 is 0 Å². The van der Waals surface area contributed by atoms with Crippen LogP contribution in [-0.2, 0) is 52.4 Å². The van der Waals surface area contributed by atoms with E-state index in [0.717, 1.165) is 20.8 Å². The quantitative estimate of drug-likeness (QED) is 0.203. The van der Waals surface area contributed by atoms with E-state index in [4.69, 9.17) is 28.4 Å². The Morgan fingerprint density at radius 3 is 2.10 bits per heavy atom. The fraction of sp³-hybridized carbons (Fsp3) is 0.679. The van der Waals surface area contributed by atoms with Gasteiger partial charge in [0, 0.05) is 39.0 Å². The van der Waals surface area contributed by atoms with E-state index in [1.54, 1.807) is 0 Å². The van der Waals surface area contributed by atoms with E-state index >= 15 is 0 Å². The van der Waals surface area contributed by atoms with Crippen molar-refractivity contribution in [3.63, 3.8) is 0 Å². The lowest BCUT2D eigenvalue weighted by Gasteiger charge is -2.58. The van der Waals surface area contributed by atoms with Gasteiger partial charge in [0.15, 0.2) is 17.8 Å². The molecule has 0 bridgehead atoms. The maximum Gasteiger partial charge on any atom is 0.312 e. The first-order valence-electron chi connectivity index (χ1n) is 13.5. The molecule has 14 heteroatoms. The van der Waals surface area contributed by atoms with Crippen LogP contribution in [0.25, 0.3) is 0 Å². The first kappa shape index (κ1) is 31.6. The Morgan fingerprint density at radius 2 is 1.57 bits per heavy atom. The number of carbonyl (C=O) groups excluding carboxylic acids is 5. The lowest BCUT2D eigenvalue weighted by atomic mass is 9.51. The summed E-state index contributed by atoms with van der Waals surface area (Å²) in [4.78, 5) is 61.6. The maximum absolute atomic E-state index is 13.0. The Morgan fingerprint density at radius 1 is 0.976 bits per heavy atom. The van der Waals surface area contributed by atoms with Crippen LogP contribution in [0.4, 0.5) is 0 Å². The number of aliphatic hydroxyl groups is 3. The second kappa shape index (κ2) is 11.1. The number of rotatable bonds is 5. The van der Waals surface area contributed by atoms with Gasteiger partial charge in [-0.15, -0.1) is 0 Å². The minimum absolute atomic E-state index is 0.190. The predicted octanol–water partition coefficient (Wildman–Crippen LogP) is -0.740. The highest BCUT2D eigenvalue weighted by Crippen LogP contribution is 2.61. The highest BCUT2D eigenvalue weighted by molar-refractivity contribution is 5.78. The molecule has 2 aliphatic carbocycles. The Bertz CT molecular complexity index is 1220. The van der Waals surface area contributed by atoms with Gasteiger partial charge in [0.25, 0.3) is 0 Å². The molecule has 4 aliphatic rings. The van der Waals surface area contributed by atoms with Crippen LogP contribution >= 0.6 is 0 Å². The van der Waals surface area contributed by atoms with Crippen molar-refractivity contribution in [3.8, 4) is 0 Å².